The number of hydrogen-bond donors (Lipinski definition) is 2. The molecule has 22 heavy (non-hydrogen) atoms. The van der Waals surface area contributed by atoms with E-state index in [1.807, 2.05) is 23.1 Å². The number of halogens is 1. The maximum Gasteiger partial charge on any atom is 0.251 e. The van der Waals surface area contributed by atoms with Crippen molar-refractivity contribution in [1.82, 2.24) is 15.5 Å². The minimum absolute atomic E-state index is 0. The summed E-state index contributed by atoms with van der Waals surface area (Å²) in [5.74, 6) is -0.188. The van der Waals surface area contributed by atoms with Crippen LogP contribution in [-0.4, -0.2) is 48.4 Å². The van der Waals surface area contributed by atoms with Gasteiger partial charge < -0.3 is 15.5 Å². The molecule has 1 aromatic rings. The monoisotopic (exact) mass is 323 g/mol. The predicted octanol–water partition coefficient (Wildman–Crippen LogP) is 1.19. The highest BCUT2D eigenvalue weighted by Crippen LogP contribution is 2.20. The fourth-order valence-corrected chi connectivity index (χ4v) is 3.13. The summed E-state index contributed by atoms with van der Waals surface area (Å²) < 4.78 is 0. The van der Waals surface area contributed by atoms with Crippen LogP contribution >= 0.6 is 12.4 Å². The van der Waals surface area contributed by atoms with Crippen LogP contribution in [0.3, 0.4) is 0 Å². The Morgan fingerprint density at radius 2 is 1.86 bits per heavy atom. The van der Waals surface area contributed by atoms with Gasteiger partial charge in [-0.3, -0.25) is 9.59 Å². The van der Waals surface area contributed by atoms with E-state index in [2.05, 4.69) is 10.6 Å². The average Bonchev–Trinajstić information content (AvgIpc) is 2.84. The summed E-state index contributed by atoms with van der Waals surface area (Å²) in [5.41, 5.74) is 0.585. The minimum Gasteiger partial charge on any atom is -0.343 e. The van der Waals surface area contributed by atoms with E-state index in [0.717, 1.165) is 25.9 Å². The second kappa shape index (κ2) is 7.61. The maximum atomic E-state index is 12.2. The molecule has 2 bridgehead atoms. The highest BCUT2D eigenvalue weighted by atomic mass is 35.5. The second-order valence-corrected chi connectivity index (χ2v) is 5.81. The van der Waals surface area contributed by atoms with Gasteiger partial charge >= 0.3 is 0 Å². The molecule has 2 atom stereocenters. The van der Waals surface area contributed by atoms with Crippen LogP contribution in [0.25, 0.3) is 0 Å². The Morgan fingerprint density at radius 3 is 2.64 bits per heavy atom. The molecular formula is C16H22ClN3O2. The van der Waals surface area contributed by atoms with Crippen LogP contribution in [0.4, 0.5) is 0 Å². The first-order valence-corrected chi connectivity index (χ1v) is 7.59. The topological polar surface area (TPSA) is 61.4 Å². The van der Waals surface area contributed by atoms with Crippen molar-refractivity contribution in [2.75, 3.05) is 19.6 Å². The van der Waals surface area contributed by atoms with Crippen LogP contribution in [0.2, 0.25) is 0 Å². The summed E-state index contributed by atoms with van der Waals surface area (Å²) in [6, 6.07) is 9.96. The number of benzene rings is 1. The first-order chi connectivity index (χ1) is 10.2. The minimum atomic E-state index is -0.196. The molecule has 6 heteroatoms. The summed E-state index contributed by atoms with van der Waals surface area (Å²) in [4.78, 5) is 26.1. The van der Waals surface area contributed by atoms with Gasteiger partial charge in [-0.05, 0) is 31.4 Å². The quantitative estimate of drug-likeness (QED) is 0.878. The van der Waals surface area contributed by atoms with Gasteiger partial charge in [0.05, 0.1) is 6.54 Å². The Hall–Kier alpha value is -1.59. The number of nitrogens with zero attached hydrogens (tertiary/aromatic N) is 1. The molecule has 2 unspecified atom stereocenters. The van der Waals surface area contributed by atoms with Gasteiger partial charge in [-0.2, -0.15) is 0 Å². The van der Waals surface area contributed by atoms with Gasteiger partial charge in [-0.15, -0.1) is 12.4 Å². The molecule has 2 aliphatic rings. The van der Waals surface area contributed by atoms with Gasteiger partial charge in [0.15, 0.2) is 0 Å². The molecule has 2 aliphatic heterocycles. The maximum absolute atomic E-state index is 12.2. The lowest BCUT2D eigenvalue weighted by Crippen LogP contribution is -2.44. The van der Waals surface area contributed by atoms with Gasteiger partial charge in [-0.1, -0.05) is 18.2 Å². The highest BCUT2D eigenvalue weighted by molar-refractivity contribution is 5.96. The molecule has 0 radical (unpaired) electrons. The standard InChI is InChI=1S/C16H21N3O2.ClH/c20-15(10-17-16(21)12-4-2-1-3-5-12)19-9-8-13-6-7-14(11-19)18-13;/h1-5,13-14,18H,6-11H2,(H,17,21);1H. The number of carbonyl (C=O) groups excluding carboxylic acids is 2. The molecule has 120 valence electrons. The molecule has 2 amide bonds. The fraction of sp³-hybridized carbons (Fsp3) is 0.500. The van der Waals surface area contributed by atoms with Crippen molar-refractivity contribution in [1.29, 1.82) is 0 Å². The van der Waals surface area contributed by atoms with Crippen molar-refractivity contribution >= 4 is 24.2 Å². The van der Waals surface area contributed by atoms with Crippen molar-refractivity contribution in [3.63, 3.8) is 0 Å². The summed E-state index contributed by atoms with van der Waals surface area (Å²) in [5, 5.41) is 6.26. The Bertz CT molecular complexity index is 523. The Balaban J connectivity index is 0.00000176. The van der Waals surface area contributed by atoms with Gasteiger partial charge in [0.2, 0.25) is 5.91 Å². The molecule has 5 nitrogen and oxygen atoms in total. The number of nitrogens with one attached hydrogen (secondary N) is 2. The summed E-state index contributed by atoms with van der Waals surface area (Å²) in [6.45, 7) is 1.62. The average molecular weight is 324 g/mol. The third-order valence-corrected chi connectivity index (χ3v) is 4.31. The number of amides is 2. The van der Waals surface area contributed by atoms with Crippen molar-refractivity contribution in [2.45, 2.75) is 31.3 Å². The zero-order chi connectivity index (χ0) is 14.7. The van der Waals surface area contributed by atoms with E-state index < -0.39 is 0 Å². The van der Waals surface area contributed by atoms with Crippen LogP contribution in [0.5, 0.6) is 0 Å². The highest BCUT2D eigenvalue weighted by Gasteiger charge is 2.30. The van der Waals surface area contributed by atoms with Crippen LogP contribution in [0, 0.1) is 0 Å². The van der Waals surface area contributed by atoms with Crippen molar-refractivity contribution < 1.29 is 9.59 Å². The molecule has 1 aromatic carbocycles. The van der Waals surface area contributed by atoms with Crippen LogP contribution in [-0.2, 0) is 4.79 Å². The van der Waals surface area contributed by atoms with Crippen molar-refractivity contribution in [2.24, 2.45) is 0 Å². The zero-order valence-electron chi connectivity index (χ0n) is 12.5. The number of carbonyl (C=O) groups is 2. The number of likely N-dealkylation sites (tertiary alicyclic amines) is 1. The lowest BCUT2D eigenvalue weighted by Gasteiger charge is -2.24. The Labute approximate surface area is 136 Å². The molecule has 2 heterocycles. The lowest BCUT2D eigenvalue weighted by atomic mass is 10.1. The van der Waals surface area contributed by atoms with E-state index >= 15 is 0 Å². The first kappa shape index (κ1) is 16.8. The molecule has 2 N–H and O–H groups in total. The van der Waals surface area contributed by atoms with Crippen LogP contribution in [0.1, 0.15) is 29.6 Å². The molecule has 2 fully saturated rings. The fourth-order valence-electron chi connectivity index (χ4n) is 3.13. The summed E-state index contributed by atoms with van der Waals surface area (Å²) >= 11 is 0. The first-order valence-electron chi connectivity index (χ1n) is 7.59. The predicted molar refractivity (Wildman–Crippen MR) is 87.2 cm³/mol. The van der Waals surface area contributed by atoms with E-state index in [1.165, 1.54) is 6.42 Å². The van der Waals surface area contributed by atoms with E-state index in [4.69, 9.17) is 0 Å². The van der Waals surface area contributed by atoms with Gasteiger partial charge in [0.25, 0.3) is 5.91 Å². The van der Waals surface area contributed by atoms with Crippen LogP contribution in [0.15, 0.2) is 30.3 Å². The van der Waals surface area contributed by atoms with Gasteiger partial charge in [0.1, 0.15) is 0 Å². The molecule has 0 aliphatic carbocycles. The number of rotatable bonds is 3. The molecule has 0 aromatic heterocycles. The third kappa shape index (κ3) is 3.99. The number of hydrogen-bond acceptors (Lipinski definition) is 3. The van der Waals surface area contributed by atoms with Crippen molar-refractivity contribution in [3.8, 4) is 0 Å². The Morgan fingerprint density at radius 1 is 1.14 bits per heavy atom. The lowest BCUT2D eigenvalue weighted by molar-refractivity contribution is -0.130. The molecule has 2 saturated heterocycles. The van der Waals surface area contributed by atoms with E-state index in [9.17, 15) is 9.59 Å². The van der Waals surface area contributed by atoms with Crippen molar-refractivity contribution in [3.05, 3.63) is 35.9 Å². The largest absolute Gasteiger partial charge is 0.343 e. The molecule has 0 spiro atoms. The number of fused-ring (bicyclic) bond motifs is 2. The third-order valence-electron chi connectivity index (χ3n) is 4.31. The molecule has 0 saturated carbocycles. The summed E-state index contributed by atoms with van der Waals surface area (Å²) in [6.07, 6.45) is 3.37. The van der Waals surface area contributed by atoms with E-state index in [-0.39, 0.29) is 30.8 Å². The SMILES string of the molecule is Cl.O=C(NCC(=O)N1CCC2CCC(C1)N2)c1ccccc1. The Kier molecular flexibility index (Phi) is 5.80. The molecule has 3 rings (SSSR count). The van der Waals surface area contributed by atoms with Crippen LogP contribution < -0.4 is 10.6 Å². The van der Waals surface area contributed by atoms with Gasteiger partial charge in [0, 0.05) is 30.7 Å². The smallest absolute Gasteiger partial charge is 0.251 e. The molecular weight excluding hydrogens is 302 g/mol. The summed E-state index contributed by atoms with van der Waals surface area (Å²) in [7, 11) is 0. The zero-order valence-corrected chi connectivity index (χ0v) is 13.3. The second-order valence-electron chi connectivity index (χ2n) is 5.81. The normalized spacial score (nSPS) is 23.4. The van der Waals surface area contributed by atoms with E-state index in [1.54, 1.807) is 12.1 Å². The van der Waals surface area contributed by atoms with Gasteiger partial charge in [-0.25, -0.2) is 0 Å². The van der Waals surface area contributed by atoms with E-state index in [0.29, 0.717) is 17.6 Å².